The van der Waals surface area contributed by atoms with Crippen molar-refractivity contribution in [3.05, 3.63) is 488 Å². The van der Waals surface area contributed by atoms with E-state index in [9.17, 15) is 0 Å². The Labute approximate surface area is 857 Å². The number of imidazole rings is 1. The number of nitrogens with zero attached hydrogens (tertiary/aromatic N) is 7. The summed E-state index contributed by atoms with van der Waals surface area (Å²) in [6.07, 6.45) is 1.86. The number of benzene rings is 24. The number of aromatic nitrogens is 7. The van der Waals surface area contributed by atoms with Crippen molar-refractivity contribution in [1.82, 2.24) is 33.1 Å². The number of hydrogen-bond acceptors (Lipinski definition) is 3. The van der Waals surface area contributed by atoms with Crippen molar-refractivity contribution in [2.45, 2.75) is 57.8 Å². The van der Waals surface area contributed by atoms with Crippen molar-refractivity contribution in [2.24, 2.45) is 0 Å². The van der Waals surface area contributed by atoms with E-state index in [0.29, 0.717) is 0 Å². The van der Waals surface area contributed by atoms with Crippen LogP contribution in [0, 0.1) is 0 Å². The molecule has 0 N–H and O–H groups in total. The lowest BCUT2D eigenvalue weighted by atomic mass is 9.82. The van der Waals surface area contributed by atoms with E-state index >= 15 is 0 Å². The molecule has 696 valence electrons. The second-order valence-corrected chi connectivity index (χ2v) is 43.1. The van der Waals surface area contributed by atoms with Gasteiger partial charge in [0, 0.05) is 87.7 Å². The van der Waals surface area contributed by atoms with Crippen molar-refractivity contribution in [1.29, 1.82) is 0 Å². The smallest absolute Gasteiger partial charge is 0.146 e. The predicted octanol–water partition coefficient (Wildman–Crippen LogP) is 37.5. The Morgan fingerprint density at radius 1 is 0.181 bits per heavy atom. The van der Waals surface area contributed by atoms with Crippen LogP contribution in [0.5, 0.6) is 0 Å². The monoisotopic (exact) mass is 1900 g/mol. The number of hydrogen-bond donors (Lipinski definition) is 0. The Morgan fingerprint density at radius 3 is 0.960 bits per heavy atom. The molecule has 7 aromatic heterocycles. The van der Waals surface area contributed by atoms with Crippen LogP contribution in [-0.2, 0) is 16.2 Å². The molecule has 0 spiro atoms. The van der Waals surface area contributed by atoms with Gasteiger partial charge in [-0.2, -0.15) is 0 Å². The molecule has 0 atom stereocenters. The molecule has 7 nitrogen and oxygen atoms in total. The van der Waals surface area contributed by atoms with Gasteiger partial charge in [-0.05, 0) is 308 Å². The summed E-state index contributed by atoms with van der Waals surface area (Å²) in [7, 11) is 0. The average Bonchev–Trinajstić information content (AvgIpc) is 1.54. The molecule has 3 aliphatic rings. The van der Waals surface area contributed by atoms with E-state index in [1.54, 1.807) is 0 Å². The minimum Gasteiger partial charge on any atom is -0.309 e. The predicted molar refractivity (Wildman–Crippen MR) is 630 cm³/mol. The SMILES string of the molecule is CC1(C)c2ccccc2-c2cc3c4cc5c6ccccc6c6ccccc6c5cc4n(-c4ccc(-c5ccccc5)cc4)c3cc21.CC1(C)c2ccccc2-c2cc3c4cc5c6ccccc6c6ccccc6c5cc4n(-c4ccc5c6ccccc6c6nc7ccccc7n6c5c4)c3cc21.CC1(C)c2ccccc2-c2cc3c4cc5c6ccccc6c6ccccc6c5cc4n(-c4ccc5ccc6cccnc6c5n4)c3cc21. The number of para-hydroxylation sites is 2. The molecule has 0 unspecified atom stereocenters. The highest BCUT2D eigenvalue weighted by Crippen LogP contribution is 2.57. The zero-order valence-electron chi connectivity index (χ0n) is 82.9. The quantitative estimate of drug-likeness (QED) is 0.165. The molecule has 0 amide bonds. The van der Waals surface area contributed by atoms with E-state index in [4.69, 9.17) is 15.0 Å². The third kappa shape index (κ3) is 11.8. The van der Waals surface area contributed by atoms with Gasteiger partial charge in [0.25, 0.3) is 0 Å². The molecular weight excluding hydrogens is 1800 g/mol. The zero-order chi connectivity index (χ0) is 98.5. The molecular formula is C142H93N7. The van der Waals surface area contributed by atoms with Crippen LogP contribution in [0.25, 0.3) is 284 Å². The van der Waals surface area contributed by atoms with E-state index in [1.165, 1.54) is 257 Å². The fourth-order valence-electron chi connectivity index (χ4n) is 27.3. The zero-order valence-corrected chi connectivity index (χ0v) is 82.9. The molecule has 0 bridgehead atoms. The van der Waals surface area contributed by atoms with Crippen LogP contribution in [0.1, 0.15) is 74.9 Å². The summed E-state index contributed by atoms with van der Waals surface area (Å²) in [6, 6.07) is 166. The molecule has 0 saturated heterocycles. The van der Waals surface area contributed by atoms with Crippen LogP contribution in [0.2, 0.25) is 0 Å². The summed E-state index contributed by atoms with van der Waals surface area (Å²) in [5, 5.41) is 36.6. The summed E-state index contributed by atoms with van der Waals surface area (Å²) in [6.45, 7) is 14.2. The lowest BCUT2D eigenvalue weighted by Gasteiger charge is -2.21. The first-order valence-corrected chi connectivity index (χ1v) is 52.1. The van der Waals surface area contributed by atoms with Crippen molar-refractivity contribution in [3.63, 3.8) is 0 Å². The van der Waals surface area contributed by atoms with Crippen LogP contribution < -0.4 is 0 Å². The maximum atomic E-state index is 5.41. The second kappa shape index (κ2) is 30.7. The van der Waals surface area contributed by atoms with E-state index < -0.39 is 0 Å². The second-order valence-electron chi connectivity index (χ2n) is 43.1. The summed E-state index contributed by atoms with van der Waals surface area (Å²) >= 11 is 0. The Morgan fingerprint density at radius 2 is 0.510 bits per heavy atom. The Balaban J connectivity index is 0.0000000993. The summed E-state index contributed by atoms with van der Waals surface area (Å²) in [4.78, 5) is 15.4. The summed E-state index contributed by atoms with van der Waals surface area (Å²) in [5.41, 5.74) is 34.2. The Bertz CT molecular complexity index is 11400. The largest absolute Gasteiger partial charge is 0.309 e. The molecule has 0 fully saturated rings. The van der Waals surface area contributed by atoms with Crippen LogP contribution in [0.4, 0.5) is 0 Å². The minimum absolute atomic E-state index is 0.0737. The van der Waals surface area contributed by atoms with Crippen molar-refractivity contribution in [3.8, 4) is 61.7 Å². The van der Waals surface area contributed by atoms with Crippen LogP contribution in [0.15, 0.2) is 455 Å². The van der Waals surface area contributed by atoms with E-state index in [0.717, 1.165) is 61.0 Å². The molecule has 0 aliphatic heterocycles. The maximum absolute atomic E-state index is 5.41. The highest BCUT2D eigenvalue weighted by atomic mass is 15.1. The number of fused-ring (bicyclic) bond motifs is 47. The third-order valence-electron chi connectivity index (χ3n) is 34.4. The summed E-state index contributed by atoms with van der Waals surface area (Å²) < 4.78 is 9.81. The molecule has 0 radical (unpaired) electrons. The average molecular weight is 1900 g/mol. The van der Waals surface area contributed by atoms with Crippen molar-refractivity contribution in [2.75, 3.05) is 0 Å². The molecule has 34 rings (SSSR count). The Kier molecular flexibility index (Phi) is 17.3. The van der Waals surface area contributed by atoms with Gasteiger partial charge in [-0.25, -0.2) is 9.97 Å². The first-order valence-electron chi connectivity index (χ1n) is 52.1. The number of pyridine rings is 3. The number of rotatable bonds is 4. The van der Waals surface area contributed by atoms with Gasteiger partial charge in [-0.15, -0.1) is 0 Å². The van der Waals surface area contributed by atoms with E-state index in [2.05, 4.69) is 502 Å². The molecule has 149 heavy (non-hydrogen) atoms. The lowest BCUT2D eigenvalue weighted by Crippen LogP contribution is -2.15. The fraction of sp³-hybridized carbons (Fsp3) is 0.0634. The lowest BCUT2D eigenvalue weighted by molar-refractivity contribution is 0.661. The fourth-order valence-corrected chi connectivity index (χ4v) is 27.3. The van der Waals surface area contributed by atoms with Crippen molar-refractivity contribution < 1.29 is 0 Å². The first kappa shape index (κ1) is 83.7. The van der Waals surface area contributed by atoms with Gasteiger partial charge in [0.1, 0.15) is 11.5 Å². The van der Waals surface area contributed by atoms with E-state index in [-0.39, 0.29) is 16.2 Å². The van der Waals surface area contributed by atoms with Crippen LogP contribution in [0.3, 0.4) is 0 Å². The molecule has 7 heterocycles. The normalized spacial score (nSPS) is 13.7. The molecule has 24 aromatic carbocycles. The van der Waals surface area contributed by atoms with E-state index in [1.807, 2.05) is 12.3 Å². The topological polar surface area (TPSA) is 57.9 Å². The van der Waals surface area contributed by atoms with Gasteiger partial charge in [-0.3, -0.25) is 14.0 Å². The van der Waals surface area contributed by atoms with Gasteiger partial charge in [-0.1, -0.05) is 363 Å². The highest BCUT2D eigenvalue weighted by molar-refractivity contribution is 6.33. The van der Waals surface area contributed by atoms with Gasteiger partial charge >= 0.3 is 0 Å². The van der Waals surface area contributed by atoms with Gasteiger partial charge in [0.15, 0.2) is 0 Å². The van der Waals surface area contributed by atoms with Gasteiger partial charge < -0.3 is 9.13 Å². The van der Waals surface area contributed by atoms with Gasteiger partial charge in [0.2, 0.25) is 0 Å². The Hall–Kier alpha value is -18.7. The highest BCUT2D eigenvalue weighted by Gasteiger charge is 2.41. The molecule has 31 aromatic rings. The van der Waals surface area contributed by atoms with Crippen LogP contribution >= 0.6 is 0 Å². The maximum Gasteiger partial charge on any atom is 0.146 e. The first-order chi connectivity index (χ1) is 73.2. The van der Waals surface area contributed by atoms with Gasteiger partial charge in [0.05, 0.1) is 60.7 Å². The molecule has 3 aliphatic carbocycles. The summed E-state index contributed by atoms with van der Waals surface area (Å²) in [5.74, 6) is 0.901. The van der Waals surface area contributed by atoms with Crippen molar-refractivity contribution >= 4 is 223 Å². The van der Waals surface area contributed by atoms with Crippen LogP contribution in [-0.4, -0.2) is 33.1 Å². The molecule has 0 saturated carbocycles. The minimum atomic E-state index is -0.122. The third-order valence-corrected chi connectivity index (χ3v) is 34.4. The molecule has 7 heteroatoms. The standard InChI is InChI=1S/C52H33N3.C45H29N3.C45H31N/c1-52(2)44-20-10-9-18-36(44)41-27-43-42-26-39-33-15-5-3-13-31(33)32-14-4-6-16-34(32)40(39)28-49(42)54(50(43)29-45(41)52)30-23-24-37-35-17-7-8-19-38(35)51-53-46-21-11-12-22-47(46)55(51)48(37)25-30;1-45(2)38-16-8-7-15-32(38)35-23-37-36-22-33-30-13-5-3-11-28(30)29-12-4-6-14-31(29)34(33)24-40(36)48(41(37)25-39(35)45)42-20-19-27-18-17-26-10-9-21-46-43(26)44(27)47-42;1-45(2)41-19-11-10-18-35(41)38-25-40-39-24-36-33-16-8-6-14-31(33)32-15-7-9-17-34(32)37(36)26-43(39)46(44(40)27-42(38)45)30-22-20-29(21-23-30)28-12-4-3-5-13-28/h3-29H,1-2H3;3-25H,1-2H3;3-27H,1-2H3.